The van der Waals surface area contributed by atoms with E-state index in [0.29, 0.717) is 38.5 Å². The van der Waals surface area contributed by atoms with Crippen LogP contribution in [0.25, 0.3) is 11.1 Å². The van der Waals surface area contributed by atoms with E-state index in [1.54, 1.807) is 0 Å². The number of alkyl carbamates (subject to hydrolysis) is 1. The molecule has 0 aromatic heterocycles. The first-order valence-corrected chi connectivity index (χ1v) is 12.6. The summed E-state index contributed by atoms with van der Waals surface area (Å²) in [7, 11) is 0. The van der Waals surface area contributed by atoms with Gasteiger partial charge in [-0.25, -0.2) is 4.79 Å². The van der Waals surface area contributed by atoms with E-state index in [0.717, 1.165) is 22.3 Å². The van der Waals surface area contributed by atoms with Crippen LogP contribution in [-0.2, 0) is 14.3 Å². The van der Waals surface area contributed by atoms with Crippen LogP contribution in [0.2, 0.25) is 0 Å². The summed E-state index contributed by atoms with van der Waals surface area (Å²) in [5.74, 6) is -1.41. The molecule has 186 valence electrons. The number of amides is 2. The minimum Gasteiger partial charge on any atom is -0.481 e. The van der Waals surface area contributed by atoms with Crippen molar-refractivity contribution in [2.45, 2.75) is 69.9 Å². The molecule has 2 aliphatic carbocycles. The zero-order valence-electron chi connectivity index (χ0n) is 20.4. The molecule has 0 radical (unpaired) electrons. The molecule has 2 amide bonds. The Bertz CT molecular complexity index is 1040. The molecule has 7 nitrogen and oxygen atoms in total. The van der Waals surface area contributed by atoms with Gasteiger partial charge in [0, 0.05) is 12.0 Å². The number of fused-ring (bicyclic) bond motifs is 3. The molecular weight excluding hydrogens is 444 g/mol. The first-order valence-electron chi connectivity index (χ1n) is 12.6. The van der Waals surface area contributed by atoms with Crippen LogP contribution >= 0.6 is 0 Å². The molecule has 3 N–H and O–H groups in total. The third-order valence-electron chi connectivity index (χ3n) is 7.74. The first kappa shape index (κ1) is 24.8. The van der Waals surface area contributed by atoms with Crippen LogP contribution in [0.3, 0.4) is 0 Å². The van der Waals surface area contributed by atoms with E-state index >= 15 is 0 Å². The fourth-order valence-corrected chi connectivity index (χ4v) is 5.44. The smallest absolute Gasteiger partial charge is 0.408 e. The van der Waals surface area contributed by atoms with Gasteiger partial charge in [-0.3, -0.25) is 9.59 Å². The second-order valence-corrected chi connectivity index (χ2v) is 9.60. The van der Waals surface area contributed by atoms with Crippen molar-refractivity contribution in [3.05, 3.63) is 59.7 Å². The molecular formula is C28H34N2O5. The lowest BCUT2D eigenvalue weighted by Gasteiger charge is -2.34. The van der Waals surface area contributed by atoms with Crippen LogP contribution in [0.4, 0.5) is 4.79 Å². The Hall–Kier alpha value is -3.35. The van der Waals surface area contributed by atoms with Gasteiger partial charge in [0.25, 0.3) is 0 Å². The fraction of sp³-hybridized carbons (Fsp3) is 0.464. The minimum absolute atomic E-state index is 0.0518. The molecule has 7 heteroatoms. The van der Waals surface area contributed by atoms with E-state index in [9.17, 15) is 19.5 Å². The van der Waals surface area contributed by atoms with Crippen molar-refractivity contribution in [3.8, 4) is 11.1 Å². The van der Waals surface area contributed by atoms with Gasteiger partial charge in [-0.15, -0.1) is 0 Å². The summed E-state index contributed by atoms with van der Waals surface area (Å²) < 4.78 is 5.68. The van der Waals surface area contributed by atoms with Gasteiger partial charge in [-0.05, 0) is 60.8 Å². The van der Waals surface area contributed by atoms with E-state index in [1.165, 1.54) is 0 Å². The second kappa shape index (κ2) is 10.5. The Labute approximate surface area is 206 Å². The zero-order valence-corrected chi connectivity index (χ0v) is 20.4. The molecule has 1 saturated carbocycles. The predicted molar refractivity (Wildman–Crippen MR) is 133 cm³/mol. The number of aliphatic carboxylic acids is 1. The Kier molecular flexibility index (Phi) is 7.43. The number of nitrogens with one attached hydrogen (secondary N) is 2. The molecule has 35 heavy (non-hydrogen) atoms. The highest BCUT2D eigenvalue weighted by Gasteiger charge is 2.39. The van der Waals surface area contributed by atoms with Gasteiger partial charge in [0.1, 0.15) is 12.1 Å². The molecule has 0 atom stereocenters. The van der Waals surface area contributed by atoms with E-state index in [1.807, 2.05) is 38.1 Å². The van der Waals surface area contributed by atoms with Crippen molar-refractivity contribution in [2.24, 2.45) is 5.92 Å². The van der Waals surface area contributed by atoms with E-state index in [-0.39, 0.29) is 30.4 Å². The summed E-state index contributed by atoms with van der Waals surface area (Å²) in [5.41, 5.74) is 3.50. The van der Waals surface area contributed by atoms with Crippen molar-refractivity contribution >= 4 is 18.0 Å². The Morgan fingerprint density at radius 2 is 1.46 bits per heavy atom. The second-order valence-electron chi connectivity index (χ2n) is 9.60. The van der Waals surface area contributed by atoms with E-state index < -0.39 is 17.6 Å². The number of carboxylic acids is 1. The maximum absolute atomic E-state index is 13.2. The molecule has 0 aliphatic heterocycles. The van der Waals surface area contributed by atoms with Crippen LogP contribution < -0.4 is 10.6 Å². The topological polar surface area (TPSA) is 105 Å². The maximum atomic E-state index is 13.2. The Morgan fingerprint density at radius 1 is 0.914 bits per heavy atom. The maximum Gasteiger partial charge on any atom is 0.408 e. The zero-order chi connectivity index (χ0) is 25.0. The lowest BCUT2D eigenvalue weighted by atomic mass is 9.85. The van der Waals surface area contributed by atoms with Gasteiger partial charge in [0.05, 0.1) is 5.92 Å². The van der Waals surface area contributed by atoms with Crippen LogP contribution in [-0.4, -0.2) is 41.3 Å². The van der Waals surface area contributed by atoms with Gasteiger partial charge in [0.2, 0.25) is 5.91 Å². The van der Waals surface area contributed by atoms with Crippen molar-refractivity contribution in [1.29, 1.82) is 0 Å². The highest BCUT2D eigenvalue weighted by atomic mass is 16.5. The summed E-state index contributed by atoms with van der Waals surface area (Å²) in [6.45, 7) is 3.92. The normalized spacial score (nSPS) is 19.4. The molecule has 2 aliphatic rings. The number of carbonyl (C=O) groups excluding carboxylic acids is 2. The Balaban J connectivity index is 1.38. The van der Waals surface area contributed by atoms with Crippen molar-refractivity contribution in [1.82, 2.24) is 10.6 Å². The molecule has 0 heterocycles. The molecule has 0 spiro atoms. The lowest BCUT2D eigenvalue weighted by molar-refractivity contribution is -0.142. The summed E-state index contributed by atoms with van der Waals surface area (Å²) in [5, 5.41) is 15.1. The van der Waals surface area contributed by atoms with Crippen molar-refractivity contribution in [3.63, 3.8) is 0 Å². The van der Waals surface area contributed by atoms with Crippen LogP contribution in [0.15, 0.2) is 48.5 Å². The van der Waals surface area contributed by atoms with Gasteiger partial charge < -0.3 is 20.5 Å². The first-order chi connectivity index (χ1) is 16.9. The van der Waals surface area contributed by atoms with Crippen molar-refractivity contribution in [2.75, 3.05) is 6.61 Å². The van der Waals surface area contributed by atoms with Crippen LogP contribution in [0.1, 0.15) is 69.4 Å². The quantitative estimate of drug-likeness (QED) is 0.503. The third kappa shape index (κ3) is 5.04. The lowest BCUT2D eigenvalue weighted by Crippen LogP contribution is -2.60. The summed E-state index contributed by atoms with van der Waals surface area (Å²) in [6, 6.07) is 16.2. The Morgan fingerprint density at radius 3 is 1.97 bits per heavy atom. The van der Waals surface area contributed by atoms with Gasteiger partial charge in [-0.1, -0.05) is 62.4 Å². The predicted octanol–water partition coefficient (Wildman–Crippen LogP) is 4.84. The molecule has 4 rings (SSSR count). The number of hydrogen-bond acceptors (Lipinski definition) is 4. The average Bonchev–Trinajstić information content (AvgIpc) is 3.20. The molecule has 1 fully saturated rings. The molecule has 2 aromatic carbocycles. The summed E-state index contributed by atoms with van der Waals surface area (Å²) >= 11 is 0. The number of rotatable bonds is 8. The van der Waals surface area contributed by atoms with Crippen LogP contribution in [0, 0.1) is 5.92 Å². The van der Waals surface area contributed by atoms with E-state index in [4.69, 9.17) is 4.74 Å². The van der Waals surface area contributed by atoms with Crippen LogP contribution in [0.5, 0.6) is 0 Å². The molecule has 0 unspecified atom stereocenters. The molecule has 0 saturated heterocycles. The summed E-state index contributed by atoms with van der Waals surface area (Å²) in [4.78, 5) is 37.3. The summed E-state index contributed by atoms with van der Waals surface area (Å²) in [6.07, 6.45) is 2.57. The standard InChI is InChI=1S/C28H34N2O5/c1-3-28(4-2,26(33)29-19-15-13-18(14-16-19)25(31)32)30-27(34)35-17-24-22-11-7-5-9-20(22)21-10-6-8-12-23(21)24/h5-12,18-19,24H,3-4,13-17H2,1-2H3,(H,29,33)(H,30,34)(H,31,32). The SMILES string of the molecule is CCC(CC)(NC(=O)OCC1c2ccccc2-c2ccccc21)C(=O)NC1CCC(C(=O)O)CC1. The van der Waals surface area contributed by atoms with E-state index in [2.05, 4.69) is 34.9 Å². The number of ether oxygens (including phenoxy) is 1. The largest absolute Gasteiger partial charge is 0.481 e. The minimum atomic E-state index is -1.08. The number of carbonyl (C=O) groups is 3. The van der Waals surface area contributed by atoms with Gasteiger partial charge in [-0.2, -0.15) is 0 Å². The number of hydrogen-bond donors (Lipinski definition) is 3. The van der Waals surface area contributed by atoms with Gasteiger partial charge >= 0.3 is 12.1 Å². The number of benzene rings is 2. The third-order valence-corrected chi connectivity index (χ3v) is 7.74. The molecule has 2 aromatic rings. The number of carboxylic acid groups (broad SMARTS) is 1. The highest BCUT2D eigenvalue weighted by Crippen LogP contribution is 2.44. The van der Waals surface area contributed by atoms with Crippen molar-refractivity contribution < 1.29 is 24.2 Å². The highest BCUT2D eigenvalue weighted by molar-refractivity contribution is 5.90. The molecule has 0 bridgehead atoms. The average molecular weight is 479 g/mol. The fourth-order valence-electron chi connectivity index (χ4n) is 5.44. The monoisotopic (exact) mass is 478 g/mol. The van der Waals surface area contributed by atoms with Gasteiger partial charge in [0.15, 0.2) is 0 Å².